The normalized spacial score (nSPS) is 19.8. The third kappa shape index (κ3) is 3.23. The van der Waals surface area contributed by atoms with Crippen molar-refractivity contribution < 1.29 is 13.9 Å². The second-order valence-electron chi connectivity index (χ2n) is 6.25. The predicted octanol–water partition coefficient (Wildman–Crippen LogP) is 3.09. The molecule has 6 heteroatoms. The largest absolute Gasteiger partial charge is 0.501 e. The van der Waals surface area contributed by atoms with Crippen LogP contribution in [-0.4, -0.2) is 25.6 Å². The van der Waals surface area contributed by atoms with Crippen molar-refractivity contribution in [1.29, 1.82) is 5.26 Å². The summed E-state index contributed by atoms with van der Waals surface area (Å²) in [7, 11) is 2.19. The van der Waals surface area contributed by atoms with E-state index in [1.165, 1.54) is 12.1 Å². The lowest BCUT2D eigenvalue weighted by Gasteiger charge is -2.31. The molecule has 2 aliphatic rings. The molecule has 0 bridgehead atoms. The molecule has 0 aromatic heterocycles. The number of ether oxygens (including phenoxy) is 1. The van der Waals surface area contributed by atoms with E-state index in [2.05, 4.69) is 6.08 Å². The Morgan fingerprint density at radius 2 is 2.24 bits per heavy atom. The fourth-order valence-corrected chi connectivity index (χ4v) is 3.42. The summed E-state index contributed by atoms with van der Waals surface area (Å²) >= 11 is 0. The first-order valence-electron chi connectivity index (χ1n) is 8.15. The molecule has 0 saturated heterocycles. The number of aldehydes is 1. The molecule has 0 amide bonds. The van der Waals surface area contributed by atoms with Crippen molar-refractivity contribution in [3.05, 3.63) is 69.9 Å². The number of hydrogen-bond donors (Lipinski definition) is 0. The lowest BCUT2D eigenvalue weighted by Crippen LogP contribution is -2.24. The number of carbonyl (C=O) groups excluding carboxylic acids is 1. The molecule has 3 rings (SSSR count). The van der Waals surface area contributed by atoms with Gasteiger partial charge >= 0.3 is 0 Å². The Morgan fingerprint density at radius 3 is 2.84 bits per heavy atom. The number of methoxy groups -OCH3 is 1. The van der Waals surface area contributed by atoms with Crippen LogP contribution in [0.1, 0.15) is 36.8 Å². The zero-order valence-corrected chi connectivity index (χ0v) is 14.3. The van der Waals surface area contributed by atoms with Gasteiger partial charge in [0.1, 0.15) is 18.2 Å². The molecule has 4 nitrogen and oxygen atoms in total. The third-order valence-corrected chi connectivity index (χ3v) is 4.73. The maximum absolute atomic E-state index is 14.0. The molecule has 25 heavy (non-hydrogen) atoms. The average molecular weight is 336 g/mol. The highest BCUT2D eigenvalue weighted by atomic mass is 19.1. The minimum atomic E-state index is -0.533. The summed E-state index contributed by atoms with van der Waals surface area (Å²) < 4.78 is 19.4. The zero-order valence-electron chi connectivity index (χ0n) is 14.3. The number of rotatable bonds is 4. The molecule has 126 valence electrons. The first kappa shape index (κ1) is 17.0. The van der Waals surface area contributed by atoms with Crippen LogP contribution in [0.4, 0.5) is 4.39 Å². The van der Waals surface area contributed by atoms with Crippen molar-refractivity contribution in [3.8, 4) is 6.07 Å². The topological polar surface area (TPSA) is 53.3 Å². The highest BCUT2D eigenvalue weighted by Crippen LogP contribution is 2.36. The Balaban J connectivity index is 1.97. The Hall–Kier alpha value is -2.81. The predicted molar refractivity (Wildman–Crippen MR) is 94.0 cm³/mol. The van der Waals surface area contributed by atoms with E-state index in [1.54, 1.807) is 13.2 Å². The van der Waals surface area contributed by atoms with Gasteiger partial charge in [0.25, 0.3) is 0 Å². The van der Waals surface area contributed by atoms with Crippen molar-refractivity contribution in [1.82, 2.24) is 4.90 Å². The highest BCUT2D eigenvalue weighted by molar-refractivity contribution is 6.54. The van der Waals surface area contributed by atoms with Gasteiger partial charge in [-0.1, -0.05) is 6.07 Å². The van der Waals surface area contributed by atoms with Crippen molar-refractivity contribution in [2.75, 3.05) is 7.11 Å². The maximum atomic E-state index is 14.0. The van der Waals surface area contributed by atoms with Crippen molar-refractivity contribution in [2.24, 2.45) is 0 Å². The third-order valence-electron chi connectivity index (χ3n) is 4.73. The second kappa shape index (κ2) is 6.98. The number of halogens is 1. The Morgan fingerprint density at radius 1 is 1.44 bits per heavy atom. The van der Waals surface area contributed by atoms with Gasteiger partial charge in [0.15, 0.2) is 7.28 Å². The second-order valence-corrected chi connectivity index (χ2v) is 6.25. The molecule has 0 spiro atoms. The molecule has 0 N–H and O–H groups in total. The summed E-state index contributed by atoms with van der Waals surface area (Å²) in [6, 6.07) is 6.48. The summed E-state index contributed by atoms with van der Waals surface area (Å²) in [4.78, 5) is 13.3. The average Bonchev–Trinajstić information content (AvgIpc) is 3.06. The van der Waals surface area contributed by atoms with Gasteiger partial charge in [0.05, 0.1) is 18.4 Å². The van der Waals surface area contributed by atoms with Gasteiger partial charge in [-0.05, 0) is 48.2 Å². The number of nitrogens with zero attached hydrogens (tertiary/aromatic N) is 2. The minimum absolute atomic E-state index is 0.0252. The van der Waals surface area contributed by atoms with Gasteiger partial charge in [0, 0.05) is 24.3 Å². The molecule has 1 unspecified atom stereocenters. The summed E-state index contributed by atoms with van der Waals surface area (Å²) in [6.07, 6.45) is 6.33. The first-order chi connectivity index (χ1) is 12.1. The van der Waals surface area contributed by atoms with Gasteiger partial charge in [0.2, 0.25) is 0 Å². The van der Waals surface area contributed by atoms with E-state index in [4.69, 9.17) is 10.00 Å². The quantitative estimate of drug-likeness (QED) is 0.626. The molecular formula is C19H18BFN2O2. The van der Waals surface area contributed by atoms with Gasteiger partial charge in [-0.3, -0.25) is 4.79 Å². The molecule has 1 aliphatic carbocycles. The van der Waals surface area contributed by atoms with Gasteiger partial charge in [-0.2, -0.15) is 5.26 Å². The summed E-state index contributed by atoms with van der Waals surface area (Å²) in [6.45, 7) is 1.99. The van der Waals surface area contributed by atoms with E-state index >= 15 is 0 Å². The fraction of sp³-hybridized carbons (Fsp3) is 0.263. The summed E-state index contributed by atoms with van der Waals surface area (Å²) in [5, 5.41) is 8.90. The SMILES string of the molecule is COC1=C(C)C=C(N2C=C(C=O)BC2c2ccc(C#N)c(F)c2)CC1. The molecule has 0 fully saturated rings. The van der Waals surface area contributed by atoms with Crippen molar-refractivity contribution >= 4 is 13.6 Å². The van der Waals surface area contributed by atoms with Crippen LogP contribution >= 0.6 is 0 Å². The van der Waals surface area contributed by atoms with E-state index in [9.17, 15) is 9.18 Å². The molecule has 1 aliphatic heterocycles. The number of carbonyl (C=O) groups is 1. The van der Waals surface area contributed by atoms with E-state index in [0.29, 0.717) is 12.8 Å². The Kier molecular flexibility index (Phi) is 4.75. The number of hydrogen-bond acceptors (Lipinski definition) is 4. The first-order valence-corrected chi connectivity index (χ1v) is 8.15. The molecule has 1 heterocycles. The molecule has 1 aromatic carbocycles. The van der Waals surface area contributed by atoms with E-state index in [0.717, 1.165) is 41.7 Å². The monoisotopic (exact) mass is 336 g/mol. The van der Waals surface area contributed by atoms with Crippen LogP contribution in [0.25, 0.3) is 0 Å². The standard InChI is InChI=1S/C19H18BFN2O2/c1-12-7-16(5-6-18(12)25-2)23-10-15(11-24)20-19(23)13-3-4-14(9-22)17(21)8-13/h3-4,7-8,10-11,19-20H,5-6H2,1-2H3. The zero-order chi connectivity index (χ0) is 18.0. The van der Waals surface area contributed by atoms with Gasteiger partial charge in [-0.25, -0.2) is 4.39 Å². The minimum Gasteiger partial charge on any atom is -0.501 e. The van der Waals surface area contributed by atoms with Crippen LogP contribution in [0.2, 0.25) is 0 Å². The van der Waals surface area contributed by atoms with Crippen molar-refractivity contribution in [2.45, 2.75) is 25.7 Å². The lowest BCUT2D eigenvalue weighted by atomic mass is 9.63. The number of allylic oxidation sites excluding steroid dienone is 5. The number of nitriles is 1. The fourth-order valence-electron chi connectivity index (χ4n) is 3.42. The van der Waals surface area contributed by atoms with E-state index < -0.39 is 5.82 Å². The molecule has 0 radical (unpaired) electrons. The summed E-state index contributed by atoms with van der Waals surface area (Å²) in [5.74, 6) is 0.281. The van der Waals surface area contributed by atoms with Crippen LogP contribution in [0.15, 0.2) is 53.0 Å². The molecular weight excluding hydrogens is 318 g/mol. The van der Waals surface area contributed by atoms with Crippen LogP contribution in [0.5, 0.6) is 0 Å². The van der Waals surface area contributed by atoms with Crippen LogP contribution in [-0.2, 0) is 9.53 Å². The van der Waals surface area contributed by atoms with Crippen LogP contribution < -0.4 is 0 Å². The molecule has 1 aromatic rings. The van der Waals surface area contributed by atoms with Crippen molar-refractivity contribution in [3.63, 3.8) is 0 Å². The van der Waals surface area contributed by atoms with E-state index in [-0.39, 0.29) is 11.5 Å². The highest BCUT2D eigenvalue weighted by Gasteiger charge is 2.31. The number of benzene rings is 1. The Bertz CT molecular complexity index is 851. The summed E-state index contributed by atoms with van der Waals surface area (Å²) in [5.41, 5.74) is 3.59. The van der Waals surface area contributed by atoms with Crippen LogP contribution in [0.3, 0.4) is 0 Å². The van der Waals surface area contributed by atoms with Gasteiger partial charge in [-0.15, -0.1) is 0 Å². The van der Waals surface area contributed by atoms with Gasteiger partial charge < -0.3 is 9.64 Å². The van der Waals surface area contributed by atoms with Crippen LogP contribution in [0, 0.1) is 17.1 Å². The van der Waals surface area contributed by atoms with E-state index in [1.807, 2.05) is 24.1 Å². The smallest absolute Gasteiger partial charge is 0.197 e. The Labute approximate surface area is 147 Å². The molecule has 0 saturated carbocycles. The maximum Gasteiger partial charge on any atom is 0.197 e. The molecule has 1 atom stereocenters. The lowest BCUT2D eigenvalue weighted by molar-refractivity contribution is -0.104.